The van der Waals surface area contributed by atoms with Gasteiger partial charge in [-0.2, -0.15) is 0 Å². The van der Waals surface area contributed by atoms with Crippen molar-refractivity contribution < 1.29 is 14.6 Å². The lowest BCUT2D eigenvalue weighted by Crippen LogP contribution is -2.14. The van der Waals surface area contributed by atoms with Crippen molar-refractivity contribution in [1.82, 2.24) is 0 Å². The molecule has 3 nitrogen and oxygen atoms in total. The fourth-order valence-corrected chi connectivity index (χ4v) is 2.58. The Hall–Kier alpha value is -1.51. The van der Waals surface area contributed by atoms with Crippen molar-refractivity contribution in [3.05, 3.63) is 29.3 Å². The largest absolute Gasteiger partial charge is 0.507 e. The van der Waals surface area contributed by atoms with E-state index in [-0.39, 0.29) is 11.3 Å². The molecule has 0 radical (unpaired) electrons. The van der Waals surface area contributed by atoms with Crippen molar-refractivity contribution in [2.24, 2.45) is 11.8 Å². The number of phenols is 1. The van der Waals surface area contributed by atoms with Gasteiger partial charge in [0, 0.05) is 0 Å². The van der Waals surface area contributed by atoms with Crippen LogP contribution in [0.2, 0.25) is 0 Å². The van der Waals surface area contributed by atoms with Crippen molar-refractivity contribution in [2.45, 2.75) is 33.6 Å². The predicted octanol–water partition coefficient (Wildman–Crippen LogP) is 3.57. The molecule has 0 amide bonds. The van der Waals surface area contributed by atoms with Gasteiger partial charge in [0.15, 0.2) is 0 Å². The Bertz CT molecular complexity index is 414. The summed E-state index contributed by atoms with van der Waals surface area (Å²) in [6, 6.07) is 5.21. The van der Waals surface area contributed by atoms with Crippen LogP contribution in [0.1, 0.15) is 49.5 Å². The minimum absolute atomic E-state index is 0.00866. The van der Waals surface area contributed by atoms with Gasteiger partial charge in [-0.1, -0.05) is 33.8 Å². The lowest BCUT2D eigenvalue weighted by Gasteiger charge is -2.25. The molecule has 1 N–H and O–H groups in total. The fourth-order valence-electron chi connectivity index (χ4n) is 2.58. The van der Waals surface area contributed by atoms with E-state index in [4.69, 9.17) is 0 Å². The SMILES string of the molecule is COC(=O)c1ccc(C(C(C)C)C(C)C)cc1O. The highest BCUT2D eigenvalue weighted by Crippen LogP contribution is 2.34. The standard InChI is InChI=1S/C15H22O3/c1-9(2)14(10(3)4)11-6-7-12(13(16)8-11)15(17)18-5/h6-10,14,16H,1-5H3. The topological polar surface area (TPSA) is 46.5 Å². The third-order valence-corrected chi connectivity index (χ3v) is 3.25. The van der Waals surface area contributed by atoms with Crippen LogP contribution in [-0.2, 0) is 4.74 Å². The number of ether oxygens (including phenoxy) is 1. The van der Waals surface area contributed by atoms with Gasteiger partial charge in [0.1, 0.15) is 11.3 Å². The van der Waals surface area contributed by atoms with Crippen molar-refractivity contribution >= 4 is 5.97 Å². The van der Waals surface area contributed by atoms with E-state index in [9.17, 15) is 9.90 Å². The zero-order valence-electron chi connectivity index (χ0n) is 11.7. The van der Waals surface area contributed by atoms with E-state index in [1.54, 1.807) is 12.1 Å². The van der Waals surface area contributed by atoms with E-state index in [1.165, 1.54) is 7.11 Å². The molecule has 3 heteroatoms. The van der Waals surface area contributed by atoms with Crippen LogP contribution in [0.3, 0.4) is 0 Å². The Morgan fingerprint density at radius 3 is 2.11 bits per heavy atom. The molecule has 1 rings (SSSR count). The molecule has 0 heterocycles. The molecule has 0 saturated heterocycles. The zero-order chi connectivity index (χ0) is 13.9. The Labute approximate surface area is 109 Å². The molecule has 0 saturated carbocycles. The van der Waals surface area contributed by atoms with Crippen LogP contribution < -0.4 is 0 Å². The molecule has 1 aromatic carbocycles. The average Bonchev–Trinajstić information content (AvgIpc) is 2.27. The van der Waals surface area contributed by atoms with Crippen LogP contribution in [0.15, 0.2) is 18.2 Å². The van der Waals surface area contributed by atoms with Crippen LogP contribution in [-0.4, -0.2) is 18.2 Å². The molecule has 0 atom stereocenters. The van der Waals surface area contributed by atoms with Crippen molar-refractivity contribution in [2.75, 3.05) is 7.11 Å². The molecule has 0 aromatic heterocycles. The number of carbonyl (C=O) groups is 1. The maximum absolute atomic E-state index is 11.4. The molecule has 0 spiro atoms. The summed E-state index contributed by atoms with van der Waals surface area (Å²) < 4.78 is 4.61. The first-order valence-corrected chi connectivity index (χ1v) is 6.29. The van der Waals surface area contributed by atoms with E-state index in [2.05, 4.69) is 32.4 Å². The molecule has 0 aliphatic carbocycles. The fraction of sp³-hybridized carbons (Fsp3) is 0.533. The summed E-state index contributed by atoms with van der Waals surface area (Å²) in [6.45, 7) is 8.65. The summed E-state index contributed by atoms with van der Waals surface area (Å²) in [5, 5.41) is 9.90. The van der Waals surface area contributed by atoms with Crippen molar-refractivity contribution in [1.29, 1.82) is 0 Å². The first kappa shape index (κ1) is 14.6. The van der Waals surface area contributed by atoms with Crippen LogP contribution in [0.25, 0.3) is 0 Å². The van der Waals surface area contributed by atoms with Gasteiger partial charge in [0.05, 0.1) is 7.11 Å². The Balaban J connectivity index is 3.13. The Morgan fingerprint density at radius 1 is 1.17 bits per heavy atom. The third-order valence-electron chi connectivity index (χ3n) is 3.25. The molecule has 0 fully saturated rings. The molecular weight excluding hydrogens is 228 g/mol. The van der Waals surface area contributed by atoms with Crippen LogP contribution in [0.4, 0.5) is 0 Å². The highest BCUT2D eigenvalue weighted by atomic mass is 16.5. The van der Waals surface area contributed by atoms with E-state index >= 15 is 0 Å². The summed E-state index contributed by atoms with van der Waals surface area (Å²) in [6.07, 6.45) is 0. The predicted molar refractivity (Wildman–Crippen MR) is 71.9 cm³/mol. The minimum Gasteiger partial charge on any atom is -0.507 e. The Kier molecular flexibility index (Phi) is 4.76. The molecule has 0 aliphatic rings. The smallest absolute Gasteiger partial charge is 0.341 e. The molecule has 0 aliphatic heterocycles. The number of esters is 1. The number of carbonyl (C=O) groups excluding carboxylic acids is 1. The normalized spacial score (nSPS) is 11.3. The van der Waals surface area contributed by atoms with E-state index in [0.717, 1.165) is 5.56 Å². The van der Waals surface area contributed by atoms with Crippen LogP contribution in [0.5, 0.6) is 5.75 Å². The number of hydrogen-bond donors (Lipinski definition) is 1. The van der Waals surface area contributed by atoms with Crippen LogP contribution in [0, 0.1) is 11.8 Å². The summed E-state index contributed by atoms with van der Waals surface area (Å²) >= 11 is 0. The summed E-state index contributed by atoms with van der Waals surface area (Å²) in [4.78, 5) is 11.4. The lowest BCUT2D eigenvalue weighted by molar-refractivity contribution is 0.0597. The maximum Gasteiger partial charge on any atom is 0.341 e. The number of phenolic OH excluding ortho intramolecular Hbond substituents is 1. The highest BCUT2D eigenvalue weighted by Gasteiger charge is 2.21. The lowest BCUT2D eigenvalue weighted by atomic mass is 9.80. The number of aromatic hydroxyl groups is 1. The van der Waals surface area contributed by atoms with Crippen molar-refractivity contribution in [3.8, 4) is 5.75 Å². The molecule has 100 valence electrons. The van der Waals surface area contributed by atoms with E-state index in [1.807, 2.05) is 6.07 Å². The van der Waals surface area contributed by atoms with Gasteiger partial charge in [-0.3, -0.25) is 0 Å². The molecule has 0 bridgehead atoms. The third kappa shape index (κ3) is 3.03. The highest BCUT2D eigenvalue weighted by molar-refractivity contribution is 5.92. The van der Waals surface area contributed by atoms with Gasteiger partial charge in [0.25, 0.3) is 0 Å². The first-order valence-electron chi connectivity index (χ1n) is 6.29. The summed E-state index contributed by atoms with van der Waals surface area (Å²) in [5.74, 6) is 0.805. The summed E-state index contributed by atoms with van der Waals surface area (Å²) in [5.41, 5.74) is 1.28. The second-order valence-corrected chi connectivity index (χ2v) is 5.28. The average molecular weight is 250 g/mol. The molecule has 0 unspecified atom stereocenters. The van der Waals surface area contributed by atoms with Crippen molar-refractivity contribution in [3.63, 3.8) is 0 Å². The summed E-state index contributed by atoms with van der Waals surface area (Å²) in [7, 11) is 1.31. The minimum atomic E-state index is -0.510. The second-order valence-electron chi connectivity index (χ2n) is 5.28. The van der Waals surface area contributed by atoms with E-state index in [0.29, 0.717) is 17.8 Å². The number of rotatable bonds is 4. The maximum atomic E-state index is 11.4. The van der Waals surface area contributed by atoms with Gasteiger partial charge < -0.3 is 9.84 Å². The molecule has 1 aromatic rings. The number of benzene rings is 1. The van der Waals surface area contributed by atoms with Gasteiger partial charge in [-0.25, -0.2) is 4.79 Å². The number of hydrogen-bond acceptors (Lipinski definition) is 3. The molecular formula is C15H22O3. The first-order chi connectivity index (χ1) is 8.38. The van der Waals surface area contributed by atoms with Gasteiger partial charge in [0.2, 0.25) is 0 Å². The Morgan fingerprint density at radius 2 is 1.72 bits per heavy atom. The monoisotopic (exact) mass is 250 g/mol. The molecule has 18 heavy (non-hydrogen) atoms. The van der Waals surface area contributed by atoms with Gasteiger partial charge >= 0.3 is 5.97 Å². The second kappa shape index (κ2) is 5.89. The van der Waals surface area contributed by atoms with E-state index < -0.39 is 5.97 Å². The zero-order valence-corrected chi connectivity index (χ0v) is 11.7. The van der Waals surface area contributed by atoms with Gasteiger partial charge in [-0.05, 0) is 35.4 Å². The van der Waals surface area contributed by atoms with Crippen LogP contribution >= 0.6 is 0 Å². The van der Waals surface area contributed by atoms with Gasteiger partial charge in [-0.15, -0.1) is 0 Å². The number of methoxy groups -OCH3 is 1. The quantitative estimate of drug-likeness (QED) is 0.831.